The van der Waals surface area contributed by atoms with Crippen LogP contribution in [0.5, 0.6) is 11.5 Å². The maximum atomic E-state index is 13.3. The minimum absolute atomic E-state index is 0.00657. The van der Waals surface area contributed by atoms with Crippen LogP contribution in [0.1, 0.15) is 26.3 Å². The van der Waals surface area contributed by atoms with E-state index in [1.165, 1.54) is 37.3 Å². The van der Waals surface area contributed by atoms with Crippen molar-refractivity contribution in [1.82, 2.24) is 0 Å². The number of halogens is 3. The van der Waals surface area contributed by atoms with Crippen molar-refractivity contribution >= 4 is 40.3 Å². The van der Waals surface area contributed by atoms with Crippen LogP contribution in [0.3, 0.4) is 0 Å². The zero-order valence-electron chi connectivity index (χ0n) is 20.5. The summed E-state index contributed by atoms with van der Waals surface area (Å²) in [6, 6.07) is 10.7. The van der Waals surface area contributed by atoms with E-state index in [1.807, 2.05) is 0 Å². The first-order valence-electron chi connectivity index (χ1n) is 11.3. The number of hydrogen-bond acceptors (Lipinski definition) is 9. The molecular weight excluding hydrogens is 525 g/mol. The molecule has 204 valence electrons. The maximum absolute atomic E-state index is 13.3. The monoisotopic (exact) mass is 546 g/mol. The van der Waals surface area contributed by atoms with Crippen LogP contribution in [-0.4, -0.2) is 56.9 Å². The van der Waals surface area contributed by atoms with Crippen LogP contribution in [0, 0.1) is 0 Å². The third kappa shape index (κ3) is 5.34. The van der Waals surface area contributed by atoms with Crippen LogP contribution in [0.25, 0.3) is 10.8 Å². The Balaban J connectivity index is 1.81. The molecule has 1 unspecified atom stereocenters. The zero-order valence-corrected chi connectivity index (χ0v) is 20.5. The van der Waals surface area contributed by atoms with Crippen molar-refractivity contribution in [3.63, 3.8) is 0 Å². The van der Waals surface area contributed by atoms with Crippen LogP contribution >= 0.6 is 0 Å². The van der Waals surface area contributed by atoms with Gasteiger partial charge in [-0.25, -0.2) is 14.4 Å². The molecule has 0 aliphatic carbocycles. The molecule has 0 radical (unpaired) electrons. The molecule has 0 fully saturated rings. The molecule has 1 aliphatic heterocycles. The minimum atomic E-state index is -5.40. The van der Waals surface area contributed by atoms with Crippen LogP contribution in [-0.2, 0) is 25.6 Å². The van der Waals surface area contributed by atoms with Crippen molar-refractivity contribution in [2.75, 3.05) is 25.7 Å². The van der Waals surface area contributed by atoms with E-state index in [2.05, 4.69) is 4.74 Å². The number of alkyl halides is 3. The van der Waals surface area contributed by atoms with Crippen molar-refractivity contribution in [2.24, 2.45) is 5.73 Å². The average molecular weight is 546 g/mol. The van der Waals surface area contributed by atoms with E-state index in [-0.39, 0.29) is 18.0 Å². The fraction of sp³-hybridized carbons (Fsp3) is 0.231. The summed E-state index contributed by atoms with van der Waals surface area (Å²) in [4.78, 5) is 50.2. The Morgan fingerprint density at radius 2 is 1.82 bits per heavy atom. The molecule has 0 aromatic heterocycles. The highest BCUT2D eigenvalue weighted by Gasteiger charge is 2.43. The first-order chi connectivity index (χ1) is 18.5. The van der Waals surface area contributed by atoms with Gasteiger partial charge in [-0.05, 0) is 41.1 Å². The third-order valence-corrected chi connectivity index (χ3v) is 5.96. The van der Waals surface area contributed by atoms with Crippen LogP contribution in [0.2, 0.25) is 0 Å². The van der Waals surface area contributed by atoms with Gasteiger partial charge in [-0.2, -0.15) is 13.2 Å². The van der Waals surface area contributed by atoms with Gasteiger partial charge in [0, 0.05) is 5.56 Å². The number of ether oxygens (including phenoxy) is 4. The molecule has 13 heteroatoms. The maximum Gasteiger partial charge on any atom is 0.491 e. The summed E-state index contributed by atoms with van der Waals surface area (Å²) in [6.45, 7) is -0.573. The number of hydrogen-bond donors (Lipinski definition) is 1. The van der Waals surface area contributed by atoms with Gasteiger partial charge in [0.25, 0.3) is 0 Å². The first-order valence-corrected chi connectivity index (χ1v) is 11.3. The highest BCUT2D eigenvalue weighted by Crippen LogP contribution is 2.38. The van der Waals surface area contributed by atoms with Crippen molar-refractivity contribution in [3.05, 3.63) is 65.2 Å². The second kappa shape index (κ2) is 10.6. The molecule has 0 bridgehead atoms. The van der Waals surface area contributed by atoms with Crippen molar-refractivity contribution in [3.8, 4) is 11.5 Å². The highest BCUT2D eigenvalue weighted by molar-refractivity contribution is 6.05. The number of para-hydroxylation sites is 1. The van der Waals surface area contributed by atoms with Gasteiger partial charge in [-0.1, -0.05) is 18.2 Å². The normalized spacial score (nSPS) is 15.2. The number of methoxy groups -OCH3 is 2. The number of carbonyl (C=O) groups excluding carboxylic acids is 4. The molecule has 39 heavy (non-hydrogen) atoms. The molecule has 0 spiro atoms. The van der Waals surface area contributed by atoms with E-state index in [1.54, 1.807) is 24.3 Å². The lowest BCUT2D eigenvalue weighted by Gasteiger charge is -2.25. The summed E-state index contributed by atoms with van der Waals surface area (Å²) < 4.78 is 57.8. The summed E-state index contributed by atoms with van der Waals surface area (Å²) in [5.74, 6) is -5.38. The van der Waals surface area contributed by atoms with Crippen LogP contribution in [0.15, 0.2) is 48.5 Å². The first kappa shape index (κ1) is 27.4. The summed E-state index contributed by atoms with van der Waals surface area (Å²) in [6.07, 6.45) is -5.40. The second-order valence-electron chi connectivity index (χ2n) is 8.34. The molecule has 4 rings (SSSR count). The van der Waals surface area contributed by atoms with Gasteiger partial charge in [0.15, 0.2) is 5.75 Å². The third-order valence-electron chi connectivity index (χ3n) is 5.96. The van der Waals surface area contributed by atoms with E-state index in [0.29, 0.717) is 27.6 Å². The molecule has 3 aromatic carbocycles. The molecule has 1 amide bonds. The summed E-state index contributed by atoms with van der Waals surface area (Å²) in [7, 11) is 2.68. The molecule has 10 nitrogen and oxygen atoms in total. The number of nitrogens with zero attached hydrogens (tertiary/aromatic N) is 1. The fourth-order valence-corrected chi connectivity index (χ4v) is 4.10. The summed E-state index contributed by atoms with van der Waals surface area (Å²) >= 11 is 0. The molecular formula is C26H21F3N2O8. The number of amides is 1. The van der Waals surface area contributed by atoms with Gasteiger partial charge >= 0.3 is 24.1 Å². The lowest BCUT2D eigenvalue weighted by atomic mass is 10.00. The lowest BCUT2D eigenvalue weighted by Crippen LogP contribution is -2.45. The van der Waals surface area contributed by atoms with Gasteiger partial charge < -0.3 is 29.6 Å². The predicted molar refractivity (Wildman–Crippen MR) is 129 cm³/mol. The summed E-state index contributed by atoms with van der Waals surface area (Å²) in [5.41, 5.74) is 6.29. The smallest absolute Gasteiger partial charge is 0.491 e. The Morgan fingerprint density at radius 1 is 1.08 bits per heavy atom. The Kier molecular flexibility index (Phi) is 7.45. The van der Waals surface area contributed by atoms with Gasteiger partial charge in [0.05, 0.1) is 32.0 Å². The molecule has 1 atom stereocenters. The average Bonchev–Trinajstić information content (AvgIpc) is 3.03. The molecule has 2 N–H and O–H groups in total. The topological polar surface area (TPSA) is 134 Å². The molecule has 1 heterocycles. The summed E-state index contributed by atoms with van der Waals surface area (Å²) in [5, 5.41) is 1.24. The number of anilines is 1. The van der Waals surface area contributed by atoms with Crippen LogP contribution < -0.4 is 20.1 Å². The van der Waals surface area contributed by atoms with E-state index in [9.17, 15) is 32.3 Å². The quantitative estimate of drug-likeness (QED) is 0.378. The Labute approximate surface area is 219 Å². The standard InChI is InChI=1S/C26H21F3N2O8/c1-36-20-9-7-13-10-14(23(33)37-2)6-8-15(13)17(20)11-31-19-5-3-4-16(21(19)38-12-18(30)22(31)32)24(34)39-25(35)26(27,28)29/h3-10,18H,11-12,30H2,1-2H3. The van der Waals surface area contributed by atoms with Crippen molar-refractivity contribution in [1.29, 1.82) is 0 Å². The minimum Gasteiger partial charge on any atom is -0.496 e. The Hall–Kier alpha value is -4.65. The molecule has 0 saturated heterocycles. The lowest BCUT2D eigenvalue weighted by molar-refractivity contribution is -0.193. The number of esters is 3. The van der Waals surface area contributed by atoms with E-state index in [4.69, 9.17) is 19.9 Å². The van der Waals surface area contributed by atoms with Crippen molar-refractivity contribution < 1.29 is 51.3 Å². The highest BCUT2D eigenvalue weighted by atomic mass is 19.4. The number of benzene rings is 3. The van der Waals surface area contributed by atoms with Gasteiger partial charge in [0.1, 0.15) is 24.0 Å². The molecule has 3 aromatic rings. The number of fused-ring (bicyclic) bond motifs is 2. The van der Waals surface area contributed by atoms with Gasteiger partial charge in [0.2, 0.25) is 5.91 Å². The van der Waals surface area contributed by atoms with Crippen molar-refractivity contribution in [2.45, 2.75) is 18.8 Å². The van der Waals surface area contributed by atoms with Crippen LogP contribution in [0.4, 0.5) is 18.9 Å². The Morgan fingerprint density at radius 3 is 2.49 bits per heavy atom. The SMILES string of the molecule is COC(=O)c1ccc2c(CN3C(=O)C(N)COc4c(C(=O)OC(=O)C(F)(F)F)cccc43)c(OC)ccc2c1. The fourth-order valence-electron chi connectivity index (χ4n) is 4.10. The van der Waals surface area contributed by atoms with Gasteiger partial charge in [-0.3, -0.25) is 4.79 Å². The van der Waals surface area contributed by atoms with E-state index >= 15 is 0 Å². The predicted octanol–water partition coefficient (Wildman–Crippen LogP) is 3.13. The zero-order chi connectivity index (χ0) is 28.5. The Bertz CT molecular complexity index is 1490. The van der Waals surface area contributed by atoms with E-state index < -0.39 is 48.2 Å². The molecule has 0 saturated carbocycles. The number of rotatable bonds is 5. The number of carbonyl (C=O) groups is 4. The molecule has 1 aliphatic rings. The largest absolute Gasteiger partial charge is 0.496 e. The van der Waals surface area contributed by atoms with E-state index in [0.717, 1.165) is 6.07 Å². The number of nitrogens with two attached hydrogens (primary N) is 1. The van der Waals surface area contributed by atoms with Gasteiger partial charge in [-0.15, -0.1) is 0 Å². The second-order valence-corrected chi connectivity index (χ2v) is 8.34.